The molecule has 1 fully saturated rings. The van der Waals surface area contributed by atoms with Crippen LogP contribution in [-0.2, 0) is 4.79 Å². The maximum atomic E-state index is 10.6. The molecule has 0 aliphatic carbocycles. The molecule has 1 N–H and O–H groups in total. The topological polar surface area (TPSA) is 49.8 Å². The zero-order valence-corrected chi connectivity index (χ0v) is 10.8. The second kappa shape index (κ2) is 5.40. The SMILES string of the molecule is Cc1cccc(O[C@H]2CCN(C=O)C[C@@H]2O)c1C. The number of hydrogen-bond donors (Lipinski definition) is 1. The van der Waals surface area contributed by atoms with Gasteiger partial charge in [-0.1, -0.05) is 12.1 Å². The molecule has 0 aromatic heterocycles. The first kappa shape index (κ1) is 12.9. The van der Waals surface area contributed by atoms with Crippen LogP contribution in [0.5, 0.6) is 5.75 Å². The quantitative estimate of drug-likeness (QED) is 0.821. The van der Waals surface area contributed by atoms with Gasteiger partial charge in [-0.2, -0.15) is 0 Å². The van der Waals surface area contributed by atoms with Gasteiger partial charge in [0.15, 0.2) is 0 Å². The van der Waals surface area contributed by atoms with Crippen molar-refractivity contribution < 1.29 is 14.6 Å². The number of ether oxygens (including phenoxy) is 1. The molecule has 1 aromatic rings. The predicted octanol–water partition coefficient (Wildman–Crippen LogP) is 1.27. The molecule has 1 saturated heterocycles. The molecule has 1 aromatic carbocycles. The molecule has 0 bridgehead atoms. The summed E-state index contributed by atoms with van der Waals surface area (Å²) in [6.45, 7) is 5.03. The first-order valence-electron chi connectivity index (χ1n) is 6.22. The Hall–Kier alpha value is -1.55. The number of β-amino-alcohol motifs (C(OH)–C–C–N with tert-alkyl or cyclic N) is 1. The second-order valence-electron chi connectivity index (χ2n) is 4.81. The Bertz CT molecular complexity index is 433. The van der Waals surface area contributed by atoms with Crippen LogP contribution in [0.15, 0.2) is 18.2 Å². The van der Waals surface area contributed by atoms with E-state index in [1.807, 2.05) is 32.0 Å². The van der Waals surface area contributed by atoms with Gasteiger partial charge in [0.05, 0.1) is 0 Å². The number of carbonyl (C=O) groups is 1. The zero-order valence-electron chi connectivity index (χ0n) is 10.8. The van der Waals surface area contributed by atoms with Gasteiger partial charge in [-0.3, -0.25) is 4.79 Å². The molecule has 1 aliphatic heterocycles. The van der Waals surface area contributed by atoms with Crippen LogP contribution >= 0.6 is 0 Å². The van der Waals surface area contributed by atoms with E-state index in [0.29, 0.717) is 19.5 Å². The summed E-state index contributed by atoms with van der Waals surface area (Å²) in [4.78, 5) is 12.2. The lowest BCUT2D eigenvalue weighted by Gasteiger charge is -2.34. The smallest absolute Gasteiger partial charge is 0.209 e. The van der Waals surface area contributed by atoms with Crippen LogP contribution in [-0.4, -0.2) is 41.7 Å². The lowest BCUT2D eigenvalue weighted by atomic mass is 10.0. The number of nitrogens with zero attached hydrogens (tertiary/aromatic N) is 1. The third-order valence-electron chi connectivity index (χ3n) is 3.53. The Labute approximate surface area is 107 Å². The summed E-state index contributed by atoms with van der Waals surface area (Å²) in [6.07, 6.45) is 0.579. The highest BCUT2D eigenvalue weighted by molar-refractivity contribution is 5.47. The van der Waals surface area contributed by atoms with E-state index < -0.39 is 6.10 Å². The molecule has 4 nitrogen and oxygen atoms in total. The number of likely N-dealkylation sites (tertiary alicyclic amines) is 1. The minimum atomic E-state index is -0.621. The van der Waals surface area contributed by atoms with Crippen LogP contribution < -0.4 is 4.74 Å². The number of amides is 1. The molecule has 4 heteroatoms. The first-order chi connectivity index (χ1) is 8.61. The van der Waals surface area contributed by atoms with Crippen molar-refractivity contribution in [1.29, 1.82) is 0 Å². The average Bonchev–Trinajstić information content (AvgIpc) is 2.37. The Kier molecular flexibility index (Phi) is 3.87. The Morgan fingerprint density at radius 1 is 1.44 bits per heavy atom. The van der Waals surface area contributed by atoms with E-state index in [1.165, 1.54) is 5.56 Å². The molecule has 0 spiro atoms. The highest BCUT2D eigenvalue weighted by Crippen LogP contribution is 2.24. The minimum Gasteiger partial charge on any atom is -0.487 e. The van der Waals surface area contributed by atoms with Crippen LogP contribution in [0.4, 0.5) is 0 Å². The van der Waals surface area contributed by atoms with Crippen molar-refractivity contribution in [3.05, 3.63) is 29.3 Å². The molecule has 1 aliphatic rings. The summed E-state index contributed by atoms with van der Waals surface area (Å²) in [7, 11) is 0. The van der Waals surface area contributed by atoms with E-state index in [0.717, 1.165) is 17.7 Å². The fourth-order valence-corrected chi connectivity index (χ4v) is 2.18. The van der Waals surface area contributed by atoms with Crippen molar-refractivity contribution in [2.45, 2.75) is 32.5 Å². The summed E-state index contributed by atoms with van der Waals surface area (Å²) in [6, 6.07) is 5.90. The highest BCUT2D eigenvalue weighted by atomic mass is 16.5. The van der Waals surface area contributed by atoms with Crippen LogP contribution in [0.1, 0.15) is 17.5 Å². The van der Waals surface area contributed by atoms with Gasteiger partial charge in [-0.25, -0.2) is 0 Å². The van der Waals surface area contributed by atoms with Crippen molar-refractivity contribution in [3.8, 4) is 5.75 Å². The van der Waals surface area contributed by atoms with E-state index in [1.54, 1.807) is 4.90 Å². The van der Waals surface area contributed by atoms with E-state index in [2.05, 4.69) is 0 Å². The molecule has 0 radical (unpaired) electrons. The van der Waals surface area contributed by atoms with Gasteiger partial charge in [0, 0.05) is 19.5 Å². The number of aryl methyl sites for hydroxylation is 1. The summed E-state index contributed by atoms with van der Waals surface area (Å²) < 4.78 is 5.88. The van der Waals surface area contributed by atoms with Crippen molar-refractivity contribution in [2.24, 2.45) is 0 Å². The highest BCUT2D eigenvalue weighted by Gasteiger charge is 2.28. The standard InChI is InChI=1S/C14H19NO3/c1-10-4-3-5-13(11(10)2)18-14-6-7-15(9-16)8-12(14)17/h3-5,9,12,14,17H,6-8H2,1-2H3/t12-,14-/m0/s1. The summed E-state index contributed by atoms with van der Waals surface area (Å²) >= 11 is 0. The number of carbonyl (C=O) groups excluding carboxylic acids is 1. The Balaban J connectivity index is 2.06. The average molecular weight is 249 g/mol. The van der Waals surface area contributed by atoms with Crippen molar-refractivity contribution >= 4 is 6.41 Å². The summed E-state index contributed by atoms with van der Waals surface area (Å²) in [5.41, 5.74) is 2.27. The maximum absolute atomic E-state index is 10.6. The molecule has 98 valence electrons. The molecule has 18 heavy (non-hydrogen) atoms. The van der Waals surface area contributed by atoms with Crippen LogP contribution in [0.3, 0.4) is 0 Å². The molecule has 1 amide bonds. The van der Waals surface area contributed by atoms with Crippen molar-refractivity contribution in [1.82, 2.24) is 4.90 Å². The molecule has 0 saturated carbocycles. The largest absolute Gasteiger partial charge is 0.487 e. The van der Waals surface area contributed by atoms with E-state index >= 15 is 0 Å². The van der Waals surface area contributed by atoms with Gasteiger partial charge >= 0.3 is 0 Å². The Morgan fingerprint density at radius 3 is 2.89 bits per heavy atom. The van der Waals surface area contributed by atoms with Gasteiger partial charge in [-0.05, 0) is 31.0 Å². The van der Waals surface area contributed by atoms with Gasteiger partial charge in [0.1, 0.15) is 18.0 Å². The van der Waals surface area contributed by atoms with Crippen molar-refractivity contribution in [3.63, 3.8) is 0 Å². The molecular formula is C14H19NO3. The lowest BCUT2D eigenvalue weighted by molar-refractivity contribution is -0.123. The fraction of sp³-hybridized carbons (Fsp3) is 0.500. The summed E-state index contributed by atoms with van der Waals surface area (Å²) in [5, 5.41) is 9.97. The number of aliphatic hydroxyl groups excluding tert-OH is 1. The second-order valence-corrected chi connectivity index (χ2v) is 4.81. The van der Waals surface area contributed by atoms with Gasteiger partial charge in [0.2, 0.25) is 6.41 Å². The van der Waals surface area contributed by atoms with E-state index in [9.17, 15) is 9.90 Å². The Morgan fingerprint density at radius 2 is 2.22 bits per heavy atom. The molecule has 0 unspecified atom stereocenters. The molecular weight excluding hydrogens is 230 g/mol. The van der Waals surface area contributed by atoms with Gasteiger partial charge in [-0.15, -0.1) is 0 Å². The third-order valence-corrected chi connectivity index (χ3v) is 3.53. The lowest BCUT2D eigenvalue weighted by Crippen LogP contribution is -2.48. The number of benzene rings is 1. The van der Waals surface area contributed by atoms with E-state index in [-0.39, 0.29) is 6.10 Å². The third kappa shape index (κ3) is 2.64. The first-order valence-corrected chi connectivity index (χ1v) is 6.22. The van der Waals surface area contributed by atoms with Crippen molar-refractivity contribution in [2.75, 3.05) is 13.1 Å². The fourth-order valence-electron chi connectivity index (χ4n) is 2.18. The number of rotatable bonds is 3. The molecule has 2 atom stereocenters. The van der Waals surface area contributed by atoms with Gasteiger partial charge in [0.25, 0.3) is 0 Å². The number of aliphatic hydroxyl groups is 1. The number of hydrogen-bond acceptors (Lipinski definition) is 3. The van der Waals surface area contributed by atoms with Gasteiger partial charge < -0.3 is 14.7 Å². The normalized spacial score (nSPS) is 23.8. The minimum absolute atomic E-state index is 0.235. The van der Waals surface area contributed by atoms with Crippen LogP contribution in [0.2, 0.25) is 0 Å². The molecule has 1 heterocycles. The van der Waals surface area contributed by atoms with E-state index in [4.69, 9.17) is 4.74 Å². The zero-order chi connectivity index (χ0) is 13.1. The monoisotopic (exact) mass is 249 g/mol. The maximum Gasteiger partial charge on any atom is 0.209 e. The summed E-state index contributed by atoms with van der Waals surface area (Å²) in [5.74, 6) is 0.818. The van der Waals surface area contributed by atoms with Crippen LogP contribution in [0.25, 0.3) is 0 Å². The van der Waals surface area contributed by atoms with Crippen LogP contribution in [0, 0.1) is 13.8 Å². The predicted molar refractivity (Wildman–Crippen MR) is 68.6 cm³/mol. The molecule has 2 rings (SSSR count). The number of piperidine rings is 1.